The molecular formula is C9H17N. The Morgan fingerprint density at radius 3 is 2.80 bits per heavy atom. The van der Waals surface area contributed by atoms with E-state index in [9.17, 15) is 0 Å². The second-order valence-corrected chi connectivity index (χ2v) is 3.29. The van der Waals surface area contributed by atoms with E-state index >= 15 is 0 Å². The fourth-order valence-corrected chi connectivity index (χ4v) is 1.64. The summed E-state index contributed by atoms with van der Waals surface area (Å²) in [6.45, 7) is 5.75. The van der Waals surface area contributed by atoms with Crippen molar-refractivity contribution in [2.45, 2.75) is 26.7 Å². The lowest BCUT2D eigenvalue weighted by Gasteiger charge is -2.11. The highest BCUT2D eigenvalue weighted by Gasteiger charge is 2.18. The van der Waals surface area contributed by atoms with E-state index < -0.39 is 0 Å². The molecule has 1 aliphatic heterocycles. The van der Waals surface area contributed by atoms with Crippen LogP contribution in [0.1, 0.15) is 26.7 Å². The number of rotatable bonds is 1. The van der Waals surface area contributed by atoms with Gasteiger partial charge in [-0.15, -0.1) is 0 Å². The smallest absolute Gasteiger partial charge is 0.0201 e. The van der Waals surface area contributed by atoms with E-state index in [0.29, 0.717) is 0 Å². The average Bonchev–Trinajstić information content (AvgIpc) is 2.13. The van der Waals surface area contributed by atoms with Crippen LogP contribution in [0, 0.1) is 5.92 Å². The first kappa shape index (κ1) is 7.64. The average molecular weight is 139 g/mol. The van der Waals surface area contributed by atoms with E-state index in [2.05, 4.69) is 31.9 Å². The molecule has 1 heteroatoms. The summed E-state index contributed by atoms with van der Waals surface area (Å²) in [4.78, 5) is 2.37. The van der Waals surface area contributed by atoms with Gasteiger partial charge < -0.3 is 4.90 Å². The summed E-state index contributed by atoms with van der Waals surface area (Å²) in [6, 6.07) is 0. The van der Waals surface area contributed by atoms with Crippen LogP contribution in [0.15, 0.2) is 11.8 Å². The molecule has 0 unspecified atom stereocenters. The van der Waals surface area contributed by atoms with Crippen LogP contribution in [0.5, 0.6) is 0 Å². The van der Waals surface area contributed by atoms with Crippen molar-refractivity contribution in [3.8, 4) is 0 Å². The highest BCUT2D eigenvalue weighted by atomic mass is 15.1. The third kappa shape index (κ3) is 1.53. The molecule has 0 radical (unpaired) electrons. The van der Waals surface area contributed by atoms with E-state index in [1.807, 2.05) is 0 Å². The van der Waals surface area contributed by atoms with Crippen LogP contribution in [-0.4, -0.2) is 18.5 Å². The normalized spacial score (nSPS) is 30.1. The van der Waals surface area contributed by atoms with Crippen molar-refractivity contribution in [3.05, 3.63) is 11.8 Å². The van der Waals surface area contributed by atoms with Gasteiger partial charge in [-0.05, 0) is 18.8 Å². The first-order valence-corrected chi connectivity index (χ1v) is 4.14. The molecule has 0 aromatic heterocycles. The Bertz CT molecular complexity index is 138. The third-order valence-corrected chi connectivity index (χ3v) is 2.07. The zero-order chi connectivity index (χ0) is 7.56. The van der Waals surface area contributed by atoms with Crippen LogP contribution in [0.4, 0.5) is 0 Å². The predicted octanol–water partition coefficient (Wildman–Crippen LogP) is 2.25. The van der Waals surface area contributed by atoms with E-state index in [1.165, 1.54) is 25.1 Å². The Hall–Kier alpha value is -0.460. The molecule has 1 saturated heterocycles. The minimum Gasteiger partial charge on any atom is -0.378 e. The van der Waals surface area contributed by atoms with Crippen molar-refractivity contribution >= 4 is 0 Å². The second-order valence-electron chi connectivity index (χ2n) is 3.29. The fraction of sp³-hybridized carbons (Fsp3) is 0.778. The second kappa shape index (κ2) is 3.09. The number of allylic oxidation sites excluding steroid dienone is 2. The summed E-state index contributed by atoms with van der Waals surface area (Å²) >= 11 is 0. The Kier molecular flexibility index (Phi) is 2.36. The van der Waals surface area contributed by atoms with Crippen molar-refractivity contribution in [3.63, 3.8) is 0 Å². The summed E-state index contributed by atoms with van der Waals surface area (Å²) in [5.74, 6) is 0.864. The molecule has 1 nitrogen and oxygen atoms in total. The maximum atomic E-state index is 2.37. The first-order valence-electron chi connectivity index (χ1n) is 4.14. The van der Waals surface area contributed by atoms with Gasteiger partial charge in [-0.1, -0.05) is 19.9 Å². The molecule has 1 atom stereocenters. The molecule has 0 N–H and O–H groups in total. The largest absolute Gasteiger partial charge is 0.378 e. The summed E-state index contributed by atoms with van der Waals surface area (Å²) in [5, 5.41) is 0. The van der Waals surface area contributed by atoms with Crippen LogP contribution in [0.3, 0.4) is 0 Å². The molecule has 0 bridgehead atoms. The lowest BCUT2D eigenvalue weighted by atomic mass is 10.1. The maximum Gasteiger partial charge on any atom is 0.0201 e. The molecule has 1 aliphatic rings. The van der Waals surface area contributed by atoms with Crippen LogP contribution in [0.2, 0.25) is 0 Å². The fourth-order valence-electron chi connectivity index (χ4n) is 1.64. The quantitative estimate of drug-likeness (QED) is 0.538. The first-order chi connectivity index (χ1) is 4.74. The van der Waals surface area contributed by atoms with Gasteiger partial charge in [0.1, 0.15) is 0 Å². The van der Waals surface area contributed by atoms with Crippen molar-refractivity contribution in [2.24, 2.45) is 5.92 Å². The van der Waals surface area contributed by atoms with Crippen molar-refractivity contribution in [1.29, 1.82) is 0 Å². The highest BCUT2D eigenvalue weighted by Crippen LogP contribution is 2.24. The molecule has 0 amide bonds. The standard InChI is InChI=1S/C9H17N/c1-4-5-9-6-8(2)7-10(9)3/h5,8H,4,6-7H2,1-3H3/b9-5-/t8-/m1/s1. The topological polar surface area (TPSA) is 3.24 Å². The molecular weight excluding hydrogens is 122 g/mol. The van der Waals surface area contributed by atoms with Crippen LogP contribution in [-0.2, 0) is 0 Å². The Morgan fingerprint density at radius 2 is 2.40 bits per heavy atom. The third-order valence-electron chi connectivity index (χ3n) is 2.07. The van der Waals surface area contributed by atoms with Gasteiger partial charge in [-0.3, -0.25) is 0 Å². The molecule has 1 rings (SSSR count). The van der Waals surface area contributed by atoms with Gasteiger partial charge in [0.25, 0.3) is 0 Å². The van der Waals surface area contributed by atoms with Gasteiger partial charge in [0.05, 0.1) is 0 Å². The van der Waals surface area contributed by atoms with Crippen molar-refractivity contribution < 1.29 is 0 Å². The SMILES string of the molecule is CC/C=C1/C[C@@H](C)CN1C. The minimum atomic E-state index is 0.864. The molecule has 1 fully saturated rings. The number of hydrogen-bond acceptors (Lipinski definition) is 1. The zero-order valence-electron chi connectivity index (χ0n) is 7.22. The number of likely N-dealkylation sites (tertiary alicyclic amines) is 1. The molecule has 0 saturated carbocycles. The van der Waals surface area contributed by atoms with Crippen molar-refractivity contribution in [1.82, 2.24) is 4.90 Å². The molecule has 1 heterocycles. The summed E-state index contributed by atoms with van der Waals surface area (Å²) in [7, 11) is 2.19. The van der Waals surface area contributed by atoms with Crippen LogP contribution in [0.25, 0.3) is 0 Å². The number of nitrogens with zero attached hydrogens (tertiary/aromatic N) is 1. The van der Waals surface area contributed by atoms with Gasteiger partial charge in [0.2, 0.25) is 0 Å². The summed E-state index contributed by atoms with van der Waals surface area (Å²) in [6.07, 6.45) is 4.79. The lowest BCUT2D eigenvalue weighted by molar-refractivity contribution is 0.445. The monoisotopic (exact) mass is 139 g/mol. The van der Waals surface area contributed by atoms with E-state index in [-0.39, 0.29) is 0 Å². The van der Waals surface area contributed by atoms with Gasteiger partial charge in [-0.25, -0.2) is 0 Å². The van der Waals surface area contributed by atoms with Gasteiger partial charge in [-0.2, -0.15) is 0 Å². The maximum absolute atomic E-state index is 2.37. The Morgan fingerprint density at radius 1 is 1.70 bits per heavy atom. The number of hydrogen-bond donors (Lipinski definition) is 0. The Labute approximate surface area is 63.7 Å². The molecule has 0 aliphatic carbocycles. The molecule has 10 heavy (non-hydrogen) atoms. The van der Waals surface area contributed by atoms with Gasteiger partial charge in [0.15, 0.2) is 0 Å². The van der Waals surface area contributed by atoms with E-state index in [1.54, 1.807) is 0 Å². The van der Waals surface area contributed by atoms with Crippen LogP contribution < -0.4 is 0 Å². The van der Waals surface area contributed by atoms with Gasteiger partial charge in [0, 0.05) is 19.3 Å². The lowest BCUT2D eigenvalue weighted by Crippen LogP contribution is -2.11. The zero-order valence-corrected chi connectivity index (χ0v) is 7.22. The Balaban J connectivity index is 2.54. The molecule has 0 spiro atoms. The summed E-state index contributed by atoms with van der Waals surface area (Å²) < 4.78 is 0. The summed E-state index contributed by atoms with van der Waals surface area (Å²) in [5.41, 5.74) is 1.54. The van der Waals surface area contributed by atoms with Crippen molar-refractivity contribution in [2.75, 3.05) is 13.6 Å². The predicted molar refractivity (Wildman–Crippen MR) is 44.8 cm³/mol. The van der Waals surface area contributed by atoms with E-state index in [4.69, 9.17) is 0 Å². The minimum absolute atomic E-state index is 0.864. The highest BCUT2D eigenvalue weighted by molar-refractivity contribution is 5.06. The van der Waals surface area contributed by atoms with Crippen LogP contribution >= 0.6 is 0 Å². The molecule has 58 valence electrons. The molecule has 0 aromatic rings. The molecule has 0 aromatic carbocycles. The van der Waals surface area contributed by atoms with E-state index in [0.717, 1.165) is 5.92 Å². The van der Waals surface area contributed by atoms with Gasteiger partial charge >= 0.3 is 0 Å².